The summed E-state index contributed by atoms with van der Waals surface area (Å²) in [6, 6.07) is 3.55. The highest BCUT2D eigenvalue weighted by Gasteiger charge is 2.16. The second kappa shape index (κ2) is 12.8. The largest absolute Gasteiger partial charge is 0.496 e. The molecule has 0 atom stereocenters. The van der Waals surface area contributed by atoms with Gasteiger partial charge in [0.1, 0.15) is 11.5 Å². The van der Waals surface area contributed by atoms with Gasteiger partial charge in [-0.15, -0.1) is 0 Å². The maximum absolute atomic E-state index is 12.0. The summed E-state index contributed by atoms with van der Waals surface area (Å²) in [5.74, 6) is 0.880. The number of aryl methyl sites for hydroxylation is 1. The standard InChI is InChI=1S/C17H19NO4.2C3H8/c1-10-11(2)17(20)18(3)8-13(10)12-6-15(21-4)14(9-19)16(7-12)22-5;2*1-3-2/h6-9H,1-5H3;2*3H2,1-2H3. The molecule has 0 unspecified atom stereocenters. The van der Waals surface area contributed by atoms with E-state index in [0.717, 1.165) is 16.7 Å². The number of aromatic nitrogens is 1. The van der Waals surface area contributed by atoms with Crippen LogP contribution in [0.15, 0.2) is 23.1 Å². The Labute approximate surface area is 169 Å². The summed E-state index contributed by atoms with van der Waals surface area (Å²) >= 11 is 0. The molecule has 156 valence electrons. The first-order valence-electron chi connectivity index (χ1n) is 9.65. The fourth-order valence-corrected chi connectivity index (χ4v) is 2.48. The summed E-state index contributed by atoms with van der Waals surface area (Å²) in [7, 11) is 4.72. The van der Waals surface area contributed by atoms with Crippen molar-refractivity contribution in [2.24, 2.45) is 7.05 Å². The molecule has 2 rings (SSSR count). The molecular formula is C23H35NO4. The molecule has 0 radical (unpaired) electrons. The number of ether oxygens (including phenoxy) is 2. The number of hydrogen-bond acceptors (Lipinski definition) is 4. The second-order valence-corrected chi connectivity index (χ2v) is 6.54. The Bertz CT molecular complexity index is 795. The minimum Gasteiger partial charge on any atom is -0.496 e. The molecule has 5 nitrogen and oxygen atoms in total. The van der Waals surface area contributed by atoms with Gasteiger partial charge in [0.05, 0.1) is 19.8 Å². The van der Waals surface area contributed by atoms with E-state index in [9.17, 15) is 9.59 Å². The average molecular weight is 390 g/mol. The van der Waals surface area contributed by atoms with Crippen molar-refractivity contribution < 1.29 is 14.3 Å². The van der Waals surface area contributed by atoms with Crippen LogP contribution in [-0.2, 0) is 7.05 Å². The van der Waals surface area contributed by atoms with Gasteiger partial charge in [0.25, 0.3) is 5.56 Å². The molecule has 0 spiro atoms. The molecule has 0 bridgehead atoms. The van der Waals surface area contributed by atoms with Gasteiger partial charge in [0, 0.05) is 24.4 Å². The molecule has 0 aliphatic heterocycles. The molecule has 0 aliphatic rings. The average Bonchev–Trinajstić information content (AvgIpc) is 2.69. The number of methoxy groups -OCH3 is 2. The van der Waals surface area contributed by atoms with Crippen molar-refractivity contribution in [2.45, 2.75) is 54.4 Å². The highest BCUT2D eigenvalue weighted by atomic mass is 16.5. The van der Waals surface area contributed by atoms with Crippen molar-refractivity contribution in [2.75, 3.05) is 14.2 Å². The Kier molecular flexibility index (Phi) is 11.6. The molecule has 28 heavy (non-hydrogen) atoms. The van der Waals surface area contributed by atoms with E-state index in [2.05, 4.69) is 27.7 Å². The summed E-state index contributed by atoms with van der Waals surface area (Å²) < 4.78 is 12.1. The second-order valence-electron chi connectivity index (χ2n) is 6.54. The van der Waals surface area contributed by atoms with E-state index in [-0.39, 0.29) is 5.56 Å². The summed E-state index contributed by atoms with van der Waals surface area (Å²) in [6.45, 7) is 12.2. The van der Waals surface area contributed by atoms with Gasteiger partial charge in [-0.2, -0.15) is 0 Å². The number of carbonyl (C=O) groups excluding carboxylic acids is 1. The van der Waals surface area contributed by atoms with E-state index in [1.165, 1.54) is 27.1 Å². The van der Waals surface area contributed by atoms with Gasteiger partial charge in [-0.25, -0.2) is 0 Å². The van der Waals surface area contributed by atoms with Crippen LogP contribution in [0.1, 0.15) is 62.0 Å². The first-order valence-corrected chi connectivity index (χ1v) is 9.65. The molecule has 2 aromatic rings. The molecule has 1 heterocycles. The highest BCUT2D eigenvalue weighted by molar-refractivity contribution is 5.87. The monoisotopic (exact) mass is 389 g/mol. The van der Waals surface area contributed by atoms with Crippen LogP contribution in [0.2, 0.25) is 0 Å². The molecular weight excluding hydrogens is 354 g/mol. The lowest BCUT2D eigenvalue weighted by Crippen LogP contribution is -2.20. The van der Waals surface area contributed by atoms with Gasteiger partial charge < -0.3 is 14.0 Å². The topological polar surface area (TPSA) is 57.5 Å². The van der Waals surface area contributed by atoms with E-state index >= 15 is 0 Å². The van der Waals surface area contributed by atoms with Crippen molar-refractivity contribution in [1.29, 1.82) is 0 Å². The molecule has 0 amide bonds. The van der Waals surface area contributed by atoms with Crippen LogP contribution in [0.5, 0.6) is 11.5 Å². The van der Waals surface area contributed by atoms with Crippen molar-refractivity contribution in [3.8, 4) is 22.6 Å². The third-order valence-corrected chi connectivity index (χ3v) is 3.90. The Morgan fingerprint density at radius 3 is 1.71 bits per heavy atom. The van der Waals surface area contributed by atoms with E-state index in [1.54, 1.807) is 36.9 Å². The van der Waals surface area contributed by atoms with Crippen LogP contribution in [0, 0.1) is 13.8 Å². The van der Waals surface area contributed by atoms with E-state index in [4.69, 9.17) is 9.47 Å². The van der Waals surface area contributed by atoms with Gasteiger partial charge >= 0.3 is 0 Å². The number of aldehydes is 1. The third kappa shape index (κ3) is 6.25. The van der Waals surface area contributed by atoms with Gasteiger partial charge in [0.2, 0.25) is 0 Å². The fraction of sp³-hybridized carbons (Fsp3) is 0.478. The van der Waals surface area contributed by atoms with Gasteiger partial charge in [0.15, 0.2) is 6.29 Å². The lowest BCUT2D eigenvalue weighted by atomic mass is 9.97. The van der Waals surface area contributed by atoms with E-state index in [1.807, 2.05) is 6.92 Å². The number of hydrogen-bond donors (Lipinski definition) is 0. The number of carbonyl (C=O) groups is 1. The van der Waals surface area contributed by atoms with Gasteiger partial charge in [-0.05, 0) is 37.1 Å². The molecule has 0 saturated heterocycles. The normalized spacial score (nSPS) is 9.46. The smallest absolute Gasteiger partial charge is 0.253 e. The van der Waals surface area contributed by atoms with E-state index < -0.39 is 0 Å². The van der Waals surface area contributed by atoms with Crippen molar-refractivity contribution >= 4 is 6.29 Å². The molecule has 0 aliphatic carbocycles. The van der Waals surface area contributed by atoms with Crippen LogP contribution in [0.4, 0.5) is 0 Å². The van der Waals surface area contributed by atoms with Crippen molar-refractivity contribution in [3.05, 3.63) is 45.4 Å². The Balaban J connectivity index is 0.00000108. The molecule has 0 saturated carbocycles. The zero-order chi connectivity index (χ0) is 21.9. The van der Waals surface area contributed by atoms with Crippen LogP contribution in [0.25, 0.3) is 11.1 Å². The van der Waals surface area contributed by atoms with Gasteiger partial charge in [-0.3, -0.25) is 9.59 Å². The molecule has 0 N–H and O–H groups in total. The predicted octanol–water partition coefficient (Wildman–Crippen LogP) is 5.33. The van der Waals surface area contributed by atoms with Gasteiger partial charge in [-0.1, -0.05) is 40.5 Å². The number of rotatable bonds is 4. The Hall–Kier alpha value is -2.56. The molecule has 0 fully saturated rings. The molecule has 5 heteroatoms. The fourth-order valence-electron chi connectivity index (χ4n) is 2.48. The van der Waals surface area contributed by atoms with Crippen LogP contribution in [-0.4, -0.2) is 25.1 Å². The minimum absolute atomic E-state index is 0.0234. The SMILES string of the molecule is CCC.CCC.COc1cc(-c2cn(C)c(=O)c(C)c2C)cc(OC)c1C=O. The third-order valence-electron chi connectivity index (χ3n) is 3.90. The maximum Gasteiger partial charge on any atom is 0.253 e. The molecule has 1 aromatic heterocycles. The minimum atomic E-state index is -0.0234. The number of benzene rings is 1. The summed E-state index contributed by atoms with van der Waals surface area (Å²) in [4.78, 5) is 23.2. The maximum atomic E-state index is 12.0. The summed E-state index contributed by atoms with van der Waals surface area (Å²) in [5.41, 5.74) is 3.66. The number of pyridine rings is 1. The zero-order valence-electron chi connectivity index (χ0n) is 18.8. The predicted molar refractivity (Wildman–Crippen MR) is 117 cm³/mol. The summed E-state index contributed by atoms with van der Waals surface area (Å²) in [6.07, 6.45) is 4.99. The van der Waals surface area contributed by atoms with Crippen molar-refractivity contribution in [1.82, 2.24) is 4.57 Å². The van der Waals surface area contributed by atoms with Crippen LogP contribution >= 0.6 is 0 Å². The van der Waals surface area contributed by atoms with Crippen LogP contribution < -0.4 is 15.0 Å². The highest BCUT2D eigenvalue weighted by Crippen LogP contribution is 2.35. The first kappa shape index (κ1) is 25.4. The van der Waals surface area contributed by atoms with Crippen molar-refractivity contribution in [3.63, 3.8) is 0 Å². The number of nitrogens with zero attached hydrogens (tertiary/aromatic N) is 1. The lowest BCUT2D eigenvalue weighted by Gasteiger charge is -2.15. The van der Waals surface area contributed by atoms with Crippen LogP contribution in [0.3, 0.4) is 0 Å². The zero-order valence-corrected chi connectivity index (χ0v) is 18.8. The first-order chi connectivity index (χ1) is 13.3. The van der Waals surface area contributed by atoms with E-state index in [0.29, 0.717) is 28.9 Å². The quantitative estimate of drug-likeness (QED) is 0.663. The Morgan fingerprint density at radius 1 is 0.929 bits per heavy atom. The molecule has 1 aromatic carbocycles. The lowest BCUT2D eigenvalue weighted by molar-refractivity contribution is 0.111. The summed E-state index contributed by atoms with van der Waals surface area (Å²) in [5, 5.41) is 0. The Morgan fingerprint density at radius 2 is 1.36 bits per heavy atom.